The molecule has 1 aromatic carbocycles. The standard InChI is InChI=1S/C14H19NO4S/c1-3-5-12(14(17)18)15-13(16)11-7-4-6-10(8-11)9-20(2)19/h4,6-8,12H,3,5,9H2,1-2H3,(H,15,16)(H,17,18). The van der Waals surface area contributed by atoms with Crippen LogP contribution in [0.25, 0.3) is 0 Å². The summed E-state index contributed by atoms with van der Waals surface area (Å²) >= 11 is 0. The Bertz CT molecular complexity index is 516. The molecule has 0 aromatic heterocycles. The molecule has 0 aliphatic heterocycles. The van der Waals surface area contributed by atoms with E-state index in [4.69, 9.17) is 5.11 Å². The molecular weight excluding hydrogens is 278 g/mol. The van der Waals surface area contributed by atoms with Gasteiger partial charge >= 0.3 is 5.97 Å². The van der Waals surface area contributed by atoms with Crippen molar-refractivity contribution in [1.82, 2.24) is 5.32 Å². The van der Waals surface area contributed by atoms with Crippen LogP contribution in [0.2, 0.25) is 0 Å². The van der Waals surface area contributed by atoms with Crippen LogP contribution in [0.4, 0.5) is 0 Å². The molecular formula is C14H19NO4S. The number of hydrogen-bond acceptors (Lipinski definition) is 3. The number of carboxylic acids is 1. The topological polar surface area (TPSA) is 83.5 Å². The molecule has 2 atom stereocenters. The molecule has 0 radical (unpaired) electrons. The zero-order valence-corrected chi connectivity index (χ0v) is 12.4. The second-order valence-corrected chi connectivity index (χ2v) is 6.01. The molecule has 0 spiro atoms. The van der Waals surface area contributed by atoms with Gasteiger partial charge in [-0.1, -0.05) is 25.5 Å². The summed E-state index contributed by atoms with van der Waals surface area (Å²) in [6.07, 6.45) is 2.65. The van der Waals surface area contributed by atoms with Gasteiger partial charge in [0.05, 0.1) is 0 Å². The molecule has 5 nitrogen and oxygen atoms in total. The number of hydrogen-bond donors (Lipinski definition) is 2. The molecule has 0 aliphatic rings. The molecule has 0 saturated carbocycles. The van der Waals surface area contributed by atoms with Crippen molar-refractivity contribution >= 4 is 22.7 Å². The average molecular weight is 297 g/mol. The summed E-state index contributed by atoms with van der Waals surface area (Å²) in [5.41, 5.74) is 1.18. The lowest BCUT2D eigenvalue weighted by molar-refractivity contribution is -0.139. The van der Waals surface area contributed by atoms with Gasteiger partial charge in [0.2, 0.25) is 0 Å². The number of nitrogens with one attached hydrogen (secondary N) is 1. The van der Waals surface area contributed by atoms with Gasteiger partial charge in [0.25, 0.3) is 5.91 Å². The molecule has 1 rings (SSSR count). The van der Waals surface area contributed by atoms with Crippen LogP contribution in [-0.4, -0.2) is 33.5 Å². The Balaban J connectivity index is 2.80. The van der Waals surface area contributed by atoms with E-state index in [1.54, 1.807) is 30.5 Å². The summed E-state index contributed by atoms with van der Waals surface area (Å²) in [4.78, 5) is 23.0. The van der Waals surface area contributed by atoms with E-state index < -0.39 is 28.7 Å². The first-order chi connectivity index (χ1) is 9.43. The molecule has 0 fully saturated rings. The first-order valence-corrected chi connectivity index (χ1v) is 8.09. The predicted molar refractivity (Wildman–Crippen MR) is 78.0 cm³/mol. The van der Waals surface area contributed by atoms with Gasteiger partial charge in [0.15, 0.2) is 0 Å². The van der Waals surface area contributed by atoms with Crippen LogP contribution in [0.15, 0.2) is 24.3 Å². The van der Waals surface area contributed by atoms with Crippen LogP contribution in [0.1, 0.15) is 35.7 Å². The minimum atomic E-state index is -1.04. The maximum atomic E-state index is 12.0. The first-order valence-electron chi connectivity index (χ1n) is 6.36. The number of carbonyl (C=O) groups is 2. The lowest BCUT2D eigenvalue weighted by Crippen LogP contribution is -2.40. The number of rotatable bonds is 7. The fourth-order valence-electron chi connectivity index (χ4n) is 1.82. The van der Waals surface area contributed by atoms with Crippen LogP contribution in [0, 0.1) is 0 Å². The molecule has 1 amide bonds. The maximum Gasteiger partial charge on any atom is 0.326 e. The Labute approximate surface area is 120 Å². The van der Waals surface area contributed by atoms with Crippen LogP contribution < -0.4 is 5.32 Å². The lowest BCUT2D eigenvalue weighted by atomic mass is 10.1. The first kappa shape index (κ1) is 16.4. The molecule has 6 heteroatoms. The van der Waals surface area contributed by atoms with Crippen LogP contribution in [0.5, 0.6) is 0 Å². The van der Waals surface area contributed by atoms with Crippen molar-refractivity contribution in [3.05, 3.63) is 35.4 Å². The summed E-state index contributed by atoms with van der Waals surface area (Å²) in [5.74, 6) is -1.08. The van der Waals surface area contributed by atoms with Crippen molar-refractivity contribution in [3.63, 3.8) is 0 Å². The fourth-order valence-corrected chi connectivity index (χ4v) is 2.47. The zero-order chi connectivity index (χ0) is 15.1. The van der Waals surface area contributed by atoms with Crippen molar-refractivity contribution < 1.29 is 18.9 Å². The Morgan fingerprint density at radius 2 is 2.10 bits per heavy atom. The zero-order valence-electron chi connectivity index (χ0n) is 11.6. The Morgan fingerprint density at radius 3 is 2.65 bits per heavy atom. The molecule has 0 saturated heterocycles. The fraction of sp³-hybridized carbons (Fsp3) is 0.429. The normalized spacial score (nSPS) is 13.5. The van der Waals surface area contributed by atoms with E-state index in [1.165, 1.54) is 0 Å². The highest BCUT2D eigenvalue weighted by Gasteiger charge is 2.19. The smallest absolute Gasteiger partial charge is 0.326 e. The third-order valence-corrected chi connectivity index (χ3v) is 3.48. The van der Waals surface area contributed by atoms with E-state index in [0.717, 1.165) is 5.56 Å². The Hall–Kier alpha value is -1.69. The third kappa shape index (κ3) is 5.13. The second kappa shape index (κ2) is 7.79. The van der Waals surface area contributed by atoms with Gasteiger partial charge in [0.1, 0.15) is 6.04 Å². The van der Waals surface area contributed by atoms with Gasteiger partial charge in [-0.2, -0.15) is 0 Å². The number of carboxylic acid groups (broad SMARTS) is 1. The van der Waals surface area contributed by atoms with Crippen molar-refractivity contribution in [2.45, 2.75) is 31.6 Å². The summed E-state index contributed by atoms with van der Waals surface area (Å²) in [6.45, 7) is 1.86. The molecule has 20 heavy (non-hydrogen) atoms. The van der Waals surface area contributed by atoms with Gasteiger partial charge in [-0.15, -0.1) is 0 Å². The predicted octanol–water partition coefficient (Wildman–Crippen LogP) is 1.55. The monoisotopic (exact) mass is 297 g/mol. The second-order valence-electron chi connectivity index (χ2n) is 4.57. The van der Waals surface area contributed by atoms with Gasteiger partial charge in [-0.25, -0.2) is 4.79 Å². The van der Waals surface area contributed by atoms with E-state index >= 15 is 0 Å². The van der Waals surface area contributed by atoms with Crippen molar-refractivity contribution in [2.24, 2.45) is 0 Å². The van der Waals surface area contributed by atoms with Gasteiger partial charge in [0, 0.05) is 28.4 Å². The van der Waals surface area contributed by atoms with Crippen molar-refractivity contribution in [1.29, 1.82) is 0 Å². The van der Waals surface area contributed by atoms with Gasteiger partial charge in [-0.3, -0.25) is 9.00 Å². The molecule has 2 unspecified atom stereocenters. The molecule has 0 bridgehead atoms. The van der Waals surface area contributed by atoms with Crippen molar-refractivity contribution in [3.8, 4) is 0 Å². The highest BCUT2D eigenvalue weighted by atomic mass is 32.2. The van der Waals surface area contributed by atoms with E-state index in [2.05, 4.69) is 5.32 Å². The largest absolute Gasteiger partial charge is 0.480 e. The molecule has 2 N–H and O–H groups in total. The van der Waals surface area contributed by atoms with Crippen LogP contribution >= 0.6 is 0 Å². The van der Waals surface area contributed by atoms with Gasteiger partial charge < -0.3 is 10.4 Å². The number of benzene rings is 1. The molecule has 1 aromatic rings. The minimum Gasteiger partial charge on any atom is -0.480 e. The van der Waals surface area contributed by atoms with E-state index in [1.807, 2.05) is 6.92 Å². The highest BCUT2D eigenvalue weighted by molar-refractivity contribution is 7.83. The van der Waals surface area contributed by atoms with Crippen LogP contribution in [0.3, 0.4) is 0 Å². The lowest BCUT2D eigenvalue weighted by Gasteiger charge is -2.13. The average Bonchev–Trinajstić information content (AvgIpc) is 2.37. The minimum absolute atomic E-state index is 0.373. The molecule has 0 aliphatic carbocycles. The van der Waals surface area contributed by atoms with Gasteiger partial charge in [-0.05, 0) is 24.1 Å². The number of aliphatic carboxylic acids is 1. The quantitative estimate of drug-likeness (QED) is 0.800. The maximum absolute atomic E-state index is 12.0. The summed E-state index contributed by atoms with van der Waals surface area (Å²) in [6, 6.07) is 5.87. The third-order valence-electron chi connectivity index (χ3n) is 2.74. The summed E-state index contributed by atoms with van der Waals surface area (Å²) in [7, 11) is -0.985. The van der Waals surface area contributed by atoms with Crippen LogP contribution in [-0.2, 0) is 21.3 Å². The SMILES string of the molecule is CCCC(NC(=O)c1cccc(CS(C)=O)c1)C(=O)O. The Kier molecular flexibility index (Phi) is 6.38. The molecule has 0 heterocycles. The van der Waals surface area contributed by atoms with E-state index in [0.29, 0.717) is 24.2 Å². The van der Waals surface area contributed by atoms with Crippen molar-refractivity contribution in [2.75, 3.05) is 6.26 Å². The van der Waals surface area contributed by atoms with E-state index in [9.17, 15) is 13.8 Å². The summed E-state index contributed by atoms with van der Waals surface area (Å²) < 4.78 is 11.2. The van der Waals surface area contributed by atoms with E-state index in [-0.39, 0.29) is 0 Å². The number of amides is 1. The highest BCUT2D eigenvalue weighted by Crippen LogP contribution is 2.08. The number of carbonyl (C=O) groups excluding carboxylic acids is 1. The molecule has 110 valence electrons. The Morgan fingerprint density at radius 1 is 1.40 bits per heavy atom. The summed E-state index contributed by atoms with van der Waals surface area (Å²) in [5, 5.41) is 11.5.